The van der Waals surface area contributed by atoms with E-state index in [1.54, 1.807) is 0 Å². The number of aliphatic imine (C=N–C) groups is 1. The van der Waals surface area contributed by atoms with E-state index in [4.69, 9.17) is 9.73 Å². The van der Waals surface area contributed by atoms with Crippen molar-refractivity contribution < 1.29 is 4.74 Å². The van der Waals surface area contributed by atoms with Crippen molar-refractivity contribution in [2.45, 2.75) is 6.54 Å². The molecule has 0 saturated carbocycles. The third kappa shape index (κ3) is 2.32. The monoisotopic (exact) mass is 279 g/mol. The molecule has 0 atom stereocenters. The average molecular weight is 279 g/mol. The van der Waals surface area contributed by atoms with Crippen molar-refractivity contribution in [3.8, 4) is 0 Å². The SMILES string of the molecule is c1ccc2c(c1)CN=C2c1ccnc(N2CCOCC2)c1. The Labute approximate surface area is 124 Å². The quantitative estimate of drug-likeness (QED) is 0.846. The van der Waals surface area contributed by atoms with Gasteiger partial charge in [0.05, 0.1) is 25.5 Å². The standard InChI is InChI=1S/C17H17N3O/c1-2-4-15-14(3-1)12-19-17(15)13-5-6-18-16(11-13)20-7-9-21-10-8-20/h1-6,11H,7-10,12H2. The lowest BCUT2D eigenvalue weighted by Crippen LogP contribution is -2.36. The van der Waals surface area contributed by atoms with Crippen molar-refractivity contribution in [2.24, 2.45) is 4.99 Å². The number of nitrogens with zero attached hydrogens (tertiary/aromatic N) is 3. The summed E-state index contributed by atoms with van der Waals surface area (Å²) in [5, 5.41) is 0. The molecular formula is C17H17N3O. The molecule has 1 aromatic heterocycles. The summed E-state index contributed by atoms with van der Waals surface area (Å²) >= 11 is 0. The number of ether oxygens (including phenoxy) is 1. The molecule has 0 spiro atoms. The normalized spacial score (nSPS) is 17.5. The number of hydrogen-bond acceptors (Lipinski definition) is 4. The van der Waals surface area contributed by atoms with E-state index in [1.165, 1.54) is 11.1 Å². The van der Waals surface area contributed by atoms with Crippen molar-refractivity contribution in [3.63, 3.8) is 0 Å². The van der Waals surface area contributed by atoms with Gasteiger partial charge in [0.25, 0.3) is 0 Å². The highest BCUT2D eigenvalue weighted by atomic mass is 16.5. The molecule has 4 heteroatoms. The molecule has 0 radical (unpaired) electrons. The van der Waals surface area contributed by atoms with Crippen molar-refractivity contribution in [1.82, 2.24) is 4.98 Å². The van der Waals surface area contributed by atoms with E-state index in [0.717, 1.165) is 49.9 Å². The molecule has 0 N–H and O–H groups in total. The Kier molecular flexibility index (Phi) is 3.16. The Morgan fingerprint density at radius 3 is 2.81 bits per heavy atom. The third-order valence-electron chi connectivity index (χ3n) is 4.03. The molecule has 2 aliphatic rings. The fourth-order valence-electron chi connectivity index (χ4n) is 2.92. The summed E-state index contributed by atoms with van der Waals surface area (Å²) in [5.41, 5.74) is 4.79. The van der Waals surface area contributed by atoms with Gasteiger partial charge in [0, 0.05) is 30.4 Å². The van der Waals surface area contributed by atoms with Gasteiger partial charge in [-0.2, -0.15) is 0 Å². The molecule has 0 unspecified atom stereocenters. The first-order chi connectivity index (χ1) is 10.4. The highest BCUT2D eigenvalue weighted by Gasteiger charge is 2.18. The number of rotatable bonds is 2. The second kappa shape index (κ2) is 5.30. The van der Waals surface area contributed by atoms with Crippen LogP contribution >= 0.6 is 0 Å². The van der Waals surface area contributed by atoms with Gasteiger partial charge in [0.2, 0.25) is 0 Å². The first-order valence-corrected chi connectivity index (χ1v) is 7.34. The second-order valence-corrected chi connectivity index (χ2v) is 5.32. The molecule has 0 amide bonds. The Bertz CT molecular complexity index is 690. The Morgan fingerprint density at radius 2 is 1.90 bits per heavy atom. The molecule has 2 aromatic rings. The highest BCUT2D eigenvalue weighted by molar-refractivity contribution is 6.15. The largest absolute Gasteiger partial charge is 0.378 e. The molecule has 106 valence electrons. The smallest absolute Gasteiger partial charge is 0.129 e. The molecule has 4 rings (SSSR count). The Morgan fingerprint density at radius 1 is 1.05 bits per heavy atom. The molecule has 4 nitrogen and oxygen atoms in total. The van der Waals surface area contributed by atoms with Crippen LogP contribution in [0.3, 0.4) is 0 Å². The number of anilines is 1. The van der Waals surface area contributed by atoms with Crippen LogP contribution in [0.4, 0.5) is 5.82 Å². The number of pyridine rings is 1. The van der Waals surface area contributed by atoms with Gasteiger partial charge in [0.15, 0.2) is 0 Å². The van der Waals surface area contributed by atoms with E-state index >= 15 is 0 Å². The molecule has 3 heterocycles. The van der Waals surface area contributed by atoms with Crippen molar-refractivity contribution in [3.05, 3.63) is 59.3 Å². The van der Waals surface area contributed by atoms with Crippen LogP contribution in [0.2, 0.25) is 0 Å². The lowest BCUT2D eigenvalue weighted by atomic mass is 10.0. The zero-order chi connectivity index (χ0) is 14.1. The summed E-state index contributed by atoms with van der Waals surface area (Å²) in [5.74, 6) is 1.02. The van der Waals surface area contributed by atoms with Crippen LogP contribution in [0.15, 0.2) is 47.6 Å². The Hall–Kier alpha value is -2.20. The number of morpholine rings is 1. The van der Waals surface area contributed by atoms with Gasteiger partial charge in [-0.3, -0.25) is 4.99 Å². The minimum absolute atomic E-state index is 0.773. The predicted octanol–water partition coefficient (Wildman–Crippen LogP) is 2.27. The fourth-order valence-corrected chi connectivity index (χ4v) is 2.92. The summed E-state index contributed by atoms with van der Waals surface area (Å²) in [6.07, 6.45) is 1.88. The molecular weight excluding hydrogens is 262 g/mol. The van der Waals surface area contributed by atoms with E-state index in [9.17, 15) is 0 Å². The highest BCUT2D eigenvalue weighted by Crippen LogP contribution is 2.24. The maximum absolute atomic E-state index is 5.40. The molecule has 0 aliphatic carbocycles. The Balaban J connectivity index is 1.67. The summed E-state index contributed by atoms with van der Waals surface area (Å²) in [6, 6.07) is 12.6. The summed E-state index contributed by atoms with van der Waals surface area (Å²) in [4.78, 5) is 11.5. The maximum Gasteiger partial charge on any atom is 0.129 e. The van der Waals surface area contributed by atoms with Gasteiger partial charge >= 0.3 is 0 Å². The number of aromatic nitrogens is 1. The molecule has 1 fully saturated rings. The van der Waals surface area contributed by atoms with Crippen LogP contribution in [-0.2, 0) is 11.3 Å². The van der Waals surface area contributed by atoms with Crippen LogP contribution < -0.4 is 4.90 Å². The first-order valence-electron chi connectivity index (χ1n) is 7.34. The summed E-state index contributed by atoms with van der Waals surface area (Å²) in [7, 11) is 0. The molecule has 1 saturated heterocycles. The van der Waals surface area contributed by atoms with Crippen molar-refractivity contribution >= 4 is 11.5 Å². The van der Waals surface area contributed by atoms with Crippen LogP contribution in [0.5, 0.6) is 0 Å². The van der Waals surface area contributed by atoms with Crippen molar-refractivity contribution in [2.75, 3.05) is 31.2 Å². The van der Waals surface area contributed by atoms with Crippen LogP contribution in [-0.4, -0.2) is 37.0 Å². The van der Waals surface area contributed by atoms with Crippen LogP contribution in [0.1, 0.15) is 16.7 Å². The molecule has 0 bridgehead atoms. The number of hydrogen-bond donors (Lipinski definition) is 0. The van der Waals surface area contributed by atoms with E-state index in [-0.39, 0.29) is 0 Å². The first kappa shape index (κ1) is 12.5. The van der Waals surface area contributed by atoms with Gasteiger partial charge in [-0.15, -0.1) is 0 Å². The predicted molar refractivity (Wildman–Crippen MR) is 83.1 cm³/mol. The van der Waals surface area contributed by atoms with Crippen molar-refractivity contribution in [1.29, 1.82) is 0 Å². The second-order valence-electron chi connectivity index (χ2n) is 5.32. The van der Waals surface area contributed by atoms with E-state index in [0.29, 0.717) is 0 Å². The van der Waals surface area contributed by atoms with Crippen LogP contribution in [0.25, 0.3) is 0 Å². The zero-order valence-electron chi connectivity index (χ0n) is 11.8. The van der Waals surface area contributed by atoms with E-state index in [1.807, 2.05) is 12.3 Å². The topological polar surface area (TPSA) is 37.7 Å². The molecule has 21 heavy (non-hydrogen) atoms. The van der Waals surface area contributed by atoms with Gasteiger partial charge in [-0.05, 0) is 17.7 Å². The number of benzene rings is 1. The van der Waals surface area contributed by atoms with Gasteiger partial charge < -0.3 is 9.64 Å². The van der Waals surface area contributed by atoms with E-state index in [2.05, 4.69) is 40.2 Å². The minimum Gasteiger partial charge on any atom is -0.378 e. The van der Waals surface area contributed by atoms with Gasteiger partial charge in [-0.25, -0.2) is 4.98 Å². The lowest BCUT2D eigenvalue weighted by molar-refractivity contribution is 0.122. The average Bonchev–Trinajstić information content (AvgIpc) is 3.00. The summed E-state index contributed by atoms with van der Waals surface area (Å²) < 4.78 is 5.40. The van der Waals surface area contributed by atoms with Gasteiger partial charge in [0.1, 0.15) is 5.82 Å². The lowest BCUT2D eigenvalue weighted by Gasteiger charge is -2.28. The molecule has 1 aromatic carbocycles. The molecule has 2 aliphatic heterocycles. The zero-order valence-corrected chi connectivity index (χ0v) is 11.8. The summed E-state index contributed by atoms with van der Waals surface area (Å²) in [6.45, 7) is 4.13. The third-order valence-corrected chi connectivity index (χ3v) is 4.03. The fraction of sp³-hybridized carbons (Fsp3) is 0.294. The minimum atomic E-state index is 0.773. The van der Waals surface area contributed by atoms with E-state index < -0.39 is 0 Å². The van der Waals surface area contributed by atoms with Gasteiger partial charge in [-0.1, -0.05) is 24.3 Å². The maximum atomic E-state index is 5.40. The number of fused-ring (bicyclic) bond motifs is 1. The van der Waals surface area contributed by atoms with Crippen LogP contribution in [0, 0.1) is 0 Å².